The van der Waals surface area contributed by atoms with Crippen LogP contribution in [0, 0.1) is 0 Å². The first-order chi connectivity index (χ1) is 12.7. The van der Waals surface area contributed by atoms with E-state index < -0.39 is 0 Å². The number of rotatable bonds is 6. The lowest BCUT2D eigenvalue weighted by Crippen LogP contribution is -2.53. The average Bonchev–Trinajstić information content (AvgIpc) is 3.07. The Morgan fingerprint density at radius 3 is 2.77 bits per heavy atom. The molecule has 134 valence electrons. The Kier molecular flexibility index (Phi) is 4.75. The number of fused-ring (bicyclic) bond motifs is 1. The first-order valence-electron chi connectivity index (χ1n) is 8.65. The van der Waals surface area contributed by atoms with Crippen molar-refractivity contribution in [1.82, 2.24) is 4.98 Å². The van der Waals surface area contributed by atoms with Crippen LogP contribution in [0.5, 0.6) is 5.75 Å². The summed E-state index contributed by atoms with van der Waals surface area (Å²) in [7, 11) is 1.66. The number of nitrogens with zero attached hydrogens (tertiary/aromatic N) is 2. The number of methoxy groups -OCH3 is 1. The van der Waals surface area contributed by atoms with Gasteiger partial charge in [-0.2, -0.15) is 0 Å². The normalized spacial score (nSPS) is 14.3. The Hall–Kier alpha value is -2.60. The van der Waals surface area contributed by atoms with Crippen molar-refractivity contribution >= 4 is 32.7 Å². The van der Waals surface area contributed by atoms with Gasteiger partial charge in [0.2, 0.25) is 0 Å². The van der Waals surface area contributed by atoms with E-state index in [1.807, 2.05) is 48.5 Å². The number of carbonyl (C=O) groups excluding carboxylic acids is 1. The van der Waals surface area contributed by atoms with Gasteiger partial charge in [-0.25, -0.2) is 4.98 Å². The minimum atomic E-state index is -0.135. The molecule has 1 saturated heterocycles. The molecule has 0 radical (unpaired) electrons. The molecular weight excluding hydrogens is 348 g/mol. The molecular formula is C20H20N2O3S. The minimum Gasteiger partial charge on any atom is -0.494 e. The predicted molar refractivity (Wildman–Crippen MR) is 103 cm³/mol. The fourth-order valence-electron chi connectivity index (χ4n) is 3.02. The molecule has 0 amide bonds. The fraction of sp³-hybridized carbons (Fsp3) is 0.300. The third-order valence-corrected chi connectivity index (χ3v) is 5.55. The Balaban J connectivity index is 1.29. The van der Waals surface area contributed by atoms with Gasteiger partial charge in [0.1, 0.15) is 17.4 Å². The average molecular weight is 368 g/mol. The fourth-order valence-corrected chi connectivity index (χ4v) is 4.02. The Morgan fingerprint density at radius 1 is 1.19 bits per heavy atom. The van der Waals surface area contributed by atoms with Gasteiger partial charge in [-0.05, 0) is 24.1 Å². The molecule has 0 unspecified atom stereocenters. The van der Waals surface area contributed by atoms with Crippen molar-refractivity contribution in [2.45, 2.75) is 18.9 Å². The molecule has 3 aromatic rings. The van der Waals surface area contributed by atoms with E-state index in [0.29, 0.717) is 25.9 Å². The van der Waals surface area contributed by atoms with Crippen molar-refractivity contribution in [2.75, 3.05) is 25.1 Å². The number of anilines is 1. The number of thiazole rings is 1. The number of aromatic nitrogens is 1. The van der Waals surface area contributed by atoms with E-state index in [0.717, 1.165) is 26.7 Å². The number of para-hydroxylation sites is 1. The molecule has 0 N–H and O–H groups in total. The highest BCUT2D eigenvalue weighted by molar-refractivity contribution is 7.22. The number of ether oxygens (including phenoxy) is 2. The van der Waals surface area contributed by atoms with Crippen molar-refractivity contribution in [2.24, 2.45) is 0 Å². The van der Waals surface area contributed by atoms with Gasteiger partial charge in [0.25, 0.3) is 0 Å². The molecule has 1 aliphatic heterocycles. The Bertz CT molecular complexity index is 904. The number of benzene rings is 2. The maximum Gasteiger partial charge on any atom is 0.306 e. The quantitative estimate of drug-likeness (QED) is 0.622. The van der Waals surface area contributed by atoms with Crippen molar-refractivity contribution in [3.05, 3.63) is 54.1 Å². The first kappa shape index (κ1) is 16.8. The van der Waals surface area contributed by atoms with E-state index in [1.165, 1.54) is 0 Å². The number of hydrogen-bond donors (Lipinski definition) is 0. The lowest BCUT2D eigenvalue weighted by atomic mass is 10.1. The highest BCUT2D eigenvalue weighted by Gasteiger charge is 2.32. The highest BCUT2D eigenvalue weighted by atomic mass is 32.1. The Labute approximate surface area is 156 Å². The second-order valence-corrected chi connectivity index (χ2v) is 7.32. The molecule has 0 saturated carbocycles. The summed E-state index contributed by atoms with van der Waals surface area (Å²) in [5, 5.41) is 0.945. The van der Waals surface area contributed by atoms with Crippen LogP contribution in [0.3, 0.4) is 0 Å². The second kappa shape index (κ2) is 7.33. The van der Waals surface area contributed by atoms with E-state index in [1.54, 1.807) is 18.4 Å². The summed E-state index contributed by atoms with van der Waals surface area (Å²) in [6, 6.07) is 15.9. The zero-order chi connectivity index (χ0) is 17.9. The lowest BCUT2D eigenvalue weighted by Gasteiger charge is -2.38. The van der Waals surface area contributed by atoms with E-state index >= 15 is 0 Å². The summed E-state index contributed by atoms with van der Waals surface area (Å²) in [6.45, 7) is 1.39. The molecule has 2 heterocycles. The number of hydrogen-bond acceptors (Lipinski definition) is 6. The van der Waals surface area contributed by atoms with Crippen LogP contribution < -0.4 is 9.64 Å². The van der Waals surface area contributed by atoms with E-state index in [2.05, 4.69) is 9.88 Å². The molecule has 1 fully saturated rings. The van der Waals surface area contributed by atoms with Crippen LogP contribution in [0.4, 0.5) is 5.13 Å². The summed E-state index contributed by atoms with van der Waals surface area (Å²) >= 11 is 1.63. The zero-order valence-electron chi connectivity index (χ0n) is 14.6. The summed E-state index contributed by atoms with van der Waals surface area (Å²) in [4.78, 5) is 18.8. The number of carbonyl (C=O) groups is 1. The van der Waals surface area contributed by atoms with Crippen LogP contribution in [0.1, 0.15) is 12.0 Å². The molecule has 0 spiro atoms. The lowest BCUT2D eigenvalue weighted by molar-refractivity contribution is -0.150. The molecule has 26 heavy (non-hydrogen) atoms. The molecule has 0 bridgehead atoms. The molecule has 0 atom stereocenters. The number of esters is 1. The summed E-state index contributed by atoms with van der Waals surface area (Å²) < 4.78 is 12.0. The van der Waals surface area contributed by atoms with Crippen LogP contribution in [-0.4, -0.2) is 37.3 Å². The largest absolute Gasteiger partial charge is 0.494 e. The van der Waals surface area contributed by atoms with Crippen LogP contribution in [0.25, 0.3) is 10.2 Å². The van der Waals surface area contributed by atoms with Crippen molar-refractivity contribution < 1.29 is 14.3 Å². The first-order valence-corrected chi connectivity index (χ1v) is 9.46. The van der Waals surface area contributed by atoms with E-state index in [4.69, 9.17) is 9.47 Å². The number of aryl methyl sites for hydroxylation is 1. The van der Waals surface area contributed by atoms with Crippen molar-refractivity contribution in [1.29, 1.82) is 0 Å². The molecule has 1 aromatic heterocycles. The molecule has 2 aromatic carbocycles. The highest BCUT2D eigenvalue weighted by Crippen LogP contribution is 2.35. The van der Waals surface area contributed by atoms with Gasteiger partial charge in [-0.15, -0.1) is 0 Å². The summed E-state index contributed by atoms with van der Waals surface area (Å²) in [5.74, 6) is 0.652. The van der Waals surface area contributed by atoms with Crippen LogP contribution in [0.15, 0.2) is 48.5 Å². The van der Waals surface area contributed by atoms with Gasteiger partial charge < -0.3 is 14.4 Å². The van der Waals surface area contributed by atoms with Crippen LogP contribution in [0.2, 0.25) is 0 Å². The van der Waals surface area contributed by atoms with Crippen molar-refractivity contribution in [3.8, 4) is 5.75 Å². The van der Waals surface area contributed by atoms with Gasteiger partial charge in [-0.1, -0.05) is 47.7 Å². The van der Waals surface area contributed by atoms with Gasteiger partial charge in [0.15, 0.2) is 5.13 Å². The van der Waals surface area contributed by atoms with Gasteiger partial charge in [-0.3, -0.25) is 4.79 Å². The maximum absolute atomic E-state index is 12.0. The van der Waals surface area contributed by atoms with E-state index in [-0.39, 0.29) is 12.1 Å². The molecule has 5 nitrogen and oxygen atoms in total. The standard InChI is InChI=1S/C20H20N2O3S/c1-24-16-8-5-9-17-19(16)21-20(26-17)22-12-15(13-22)25-18(23)11-10-14-6-3-2-4-7-14/h2-9,15H,10-13H2,1H3. The third kappa shape index (κ3) is 3.51. The minimum absolute atomic E-state index is 0.0489. The SMILES string of the molecule is COc1cccc2sc(N3CC(OC(=O)CCc4ccccc4)C3)nc12. The van der Waals surface area contributed by atoms with Crippen molar-refractivity contribution in [3.63, 3.8) is 0 Å². The van der Waals surface area contributed by atoms with Gasteiger partial charge in [0.05, 0.1) is 24.9 Å². The van der Waals surface area contributed by atoms with Crippen LogP contribution >= 0.6 is 11.3 Å². The zero-order valence-corrected chi connectivity index (χ0v) is 15.4. The smallest absolute Gasteiger partial charge is 0.306 e. The Morgan fingerprint density at radius 2 is 2.00 bits per heavy atom. The predicted octanol–water partition coefficient (Wildman–Crippen LogP) is 3.67. The van der Waals surface area contributed by atoms with Gasteiger partial charge >= 0.3 is 5.97 Å². The summed E-state index contributed by atoms with van der Waals surface area (Å²) in [6.07, 6.45) is 1.08. The van der Waals surface area contributed by atoms with Gasteiger partial charge in [0, 0.05) is 6.42 Å². The molecule has 1 aliphatic rings. The maximum atomic E-state index is 12.0. The molecule has 4 rings (SSSR count). The summed E-state index contributed by atoms with van der Waals surface area (Å²) in [5.41, 5.74) is 2.04. The topological polar surface area (TPSA) is 51.7 Å². The van der Waals surface area contributed by atoms with Crippen LogP contribution in [-0.2, 0) is 16.0 Å². The monoisotopic (exact) mass is 368 g/mol. The molecule has 6 heteroatoms. The molecule has 0 aliphatic carbocycles. The second-order valence-electron chi connectivity index (χ2n) is 6.31. The third-order valence-electron chi connectivity index (χ3n) is 4.47. The van der Waals surface area contributed by atoms with E-state index in [9.17, 15) is 4.79 Å².